The molecule has 1 unspecified atom stereocenters. The van der Waals surface area contributed by atoms with Crippen LogP contribution in [0, 0.1) is 0 Å². The number of aromatic amines is 1. The normalized spacial score (nSPS) is 16.3. The second-order valence-corrected chi connectivity index (χ2v) is 7.31. The minimum Gasteiger partial charge on any atom is -0.497 e. The Labute approximate surface area is 174 Å². The zero-order chi connectivity index (χ0) is 20.9. The molecule has 1 aromatic carbocycles. The number of carbonyl (C=O) groups excluding carboxylic acids is 1. The number of methoxy groups -OCH3 is 1. The fourth-order valence-electron chi connectivity index (χ4n) is 3.70. The lowest BCUT2D eigenvalue weighted by molar-refractivity contribution is -0.131. The highest BCUT2D eigenvalue weighted by Crippen LogP contribution is 2.26. The van der Waals surface area contributed by atoms with Gasteiger partial charge in [-0.25, -0.2) is 9.97 Å². The fraction of sp³-hybridized carbons (Fsp3) is 0.318. The van der Waals surface area contributed by atoms with Crippen molar-refractivity contribution in [3.8, 4) is 17.3 Å². The summed E-state index contributed by atoms with van der Waals surface area (Å²) >= 11 is 0. The molecule has 3 aromatic rings. The van der Waals surface area contributed by atoms with Crippen molar-refractivity contribution in [2.24, 2.45) is 0 Å². The average molecular weight is 405 g/mol. The third kappa shape index (κ3) is 4.53. The highest BCUT2D eigenvalue weighted by atomic mass is 16.5. The highest BCUT2D eigenvalue weighted by Gasteiger charge is 2.26. The van der Waals surface area contributed by atoms with Crippen molar-refractivity contribution in [1.29, 1.82) is 0 Å². The maximum absolute atomic E-state index is 12.8. The van der Waals surface area contributed by atoms with E-state index < -0.39 is 0 Å². The van der Waals surface area contributed by atoms with Gasteiger partial charge in [0.05, 0.1) is 25.4 Å². The van der Waals surface area contributed by atoms with Gasteiger partial charge in [-0.05, 0) is 30.5 Å². The Morgan fingerprint density at radius 2 is 2.10 bits per heavy atom. The Morgan fingerprint density at radius 3 is 2.83 bits per heavy atom. The largest absolute Gasteiger partial charge is 0.497 e. The standard InChI is InChI=1S/C22H23N5O3/c1-30-17-6-4-15(5-7-17)11-21(29)27-10-2-3-16(14-27)18-12-20(28)26-22(25-18)19-13-23-8-9-24-19/h4-9,12-13,16H,2-3,10-11,14H2,1H3,(H,25,26,28). The molecule has 2 aromatic heterocycles. The van der Waals surface area contributed by atoms with Gasteiger partial charge in [-0.15, -0.1) is 0 Å². The molecule has 8 nitrogen and oxygen atoms in total. The van der Waals surface area contributed by atoms with Crippen LogP contribution in [0.2, 0.25) is 0 Å². The van der Waals surface area contributed by atoms with Crippen LogP contribution in [0.1, 0.15) is 30.0 Å². The van der Waals surface area contributed by atoms with Gasteiger partial charge in [0.15, 0.2) is 5.82 Å². The van der Waals surface area contributed by atoms with Gasteiger partial charge in [0.25, 0.3) is 5.56 Å². The molecule has 1 N–H and O–H groups in total. The monoisotopic (exact) mass is 405 g/mol. The molecule has 30 heavy (non-hydrogen) atoms. The van der Waals surface area contributed by atoms with E-state index in [0.29, 0.717) is 36.7 Å². The molecule has 1 amide bonds. The quantitative estimate of drug-likeness (QED) is 0.698. The predicted molar refractivity (Wildman–Crippen MR) is 111 cm³/mol. The summed E-state index contributed by atoms with van der Waals surface area (Å²) in [6.45, 7) is 1.26. The smallest absolute Gasteiger partial charge is 0.251 e. The molecule has 0 spiro atoms. The van der Waals surface area contributed by atoms with Gasteiger partial charge in [-0.2, -0.15) is 0 Å². The number of piperidine rings is 1. The first-order chi connectivity index (χ1) is 14.6. The zero-order valence-electron chi connectivity index (χ0n) is 16.7. The molecule has 3 heterocycles. The molecular formula is C22H23N5O3. The van der Waals surface area contributed by atoms with Crippen LogP contribution in [0.15, 0.2) is 53.7 Å². The molecule has 1 fully saturated rings. The van der Waals surface area contributed by atoms with Gasteiger partial charge < -0.3 is 14.6 Å². The van der Waals surface area contributed by atoms with Gasteiger partial charge in [0.2, 0.25) is 5.91 Å². The van der Waals surface area contributed by atoms with Gasteiger partial charge in [-0.1, -0.05) is 12.1 Å². The van der Waals surface area contributed by atoms with Crippen molar-refractivity contribution in [2.75, 3.05) is 20.2 Å². The molecule has 0 aliphatic carbocycles. The second kappa shape index (κ2) is 8.86. The van der Waals surface area contributed by atoms with Crippen LogP contribution in [-0.4, -0.2) is 50.9 Å². The van der Waals surface area contributed by atoms with E-state index in [0.717, 1.165) is 24.2 Å². The van der Waals surface area contributed by atoms with Gasteiger partial charge in [-0.3, -0.25) is 14.6 Å². The summed E-state index contributed by atoms with van der Waals surface area (Å²) in [6.07, 6.45) is 6.77. The number of ether oxygens (including phenoxy) is 1. The van der Waals surface area contributed by atoms with Crippen molar-refractivity contribution in [1.82, 2.24) is 24.8 Å². The highest BCUT2D eigenvalue weighted by molar-refractivity contribution is 5.79. The molecular weight excluding hydrogens is 382 g/mol. The Balaban J connectivity index is 1.49. The van der Waals surface area contributed by atoms with Crippen LogP contribution in [0.3, 0.4) is 0 Å². The zero-order valence-corrected chi connectivity index (χ0v) is 16.7. The lowest BCUT2D eigenvalue weighted by Gasteiger charge is -2.32. The Hall–Kier alpha value is -3.55. The molecule has 0 radical (unpaired) electrons. The molecule has 1 aliphatic heterocycles. The number of rotatable bonds is 5. The topological polar surface area (TPSA) is 101 Å². The molecule has 1 saturated heterocycles. The summed E-state index contributed by atoms with van der Waals surface area (Å²) < 4.78 is 5.17. The van der Waals surface area contributed by atoms with Crippen molar-refractivity contribution in [3.63, 3.8) is 0 Å². The number of benzene rings is 1. The first-order valence-electron chi connectivity index (χ1n) is 9.91. The minimum atomic E-state index is -0.234. The van der Waals surface area contributed by atoms with Crippen molar-refractivity contribution >= 4 is 5.91 Å². The van der Waals surface area contributed by atoms with E-state index in [4.69, 9.17) is 4.74 Å². The number of H-pyrrole nitrogens is 1. The summed E-state index contributed by atoms with van der Waals surface area (Å²) in [6, 6.07) is 9.04. The summed E-state index contributed by atoms with van der Waals surface area (Å²) in [5.41, 5.74) is 1.91. The molecule has 154 valence electrons. The third-order valence-corrected chi connectivity index (χ3v) is 5.27. The van der Waals surface area contributed by atoms with E-state index in [1.54, 1.807) is 25.7 Å². The SMILES string of the molecule is COc1ccc(CC(=O)N2CCCC(c3cc(=O)[nH]c(-c4cnccn4)n3)C2)cc1. The lowest BCUT2D eigenvalue weighted by Crippen LogP contribution is -2.40. The van der Waals surface area contributed by atoms with Crippen molar-refractivity contribution in [3.05, 3.63) is 70.5 Å². The number of nitrogens with one attached hydrogen (secondary N) is 1. The Kier molecular flexibility index (Phi) is 5.83. The second-order valence-electron chi connectivity index (χ2n) is 7.31. The molecule has 0 saturated carbocycles. The van der Waals surface area contributed by atoms with E-state index in [-0.39, 0.29) is 17.4 Å². The first kappa shape index (κ1) is 19.8. The number of amides is 1. The van der Waals surface area contributed by atoms with Crippen LogP contribution in [0.25, 0.3) is 11.5 Å². The van der Waals surface area contributed by atoms with E-state index in [2.05, 4.69) is 19.9 Å². The number of hydrogen-bond acceptors (Lipinski definition) is 6. The van der Waals surface area contributed by atoms with E-state index >= 15 is 0 Å². The summed E-state index contributed by atoms with van der Waals surface area (Å²) in [5, 5.41) is 0. The number of likely N-dealkylation sites (tertiary alicyclic amines) is 1. The summed E-state index contributed by atoms with van der Waals surface area (Å²) in [4.78, 5) is 42.5. The number of nitrogens with zero attached hydrogens (tertiary/aromatic N) is 4. The molecule has 8 heteroatoms. The Bertz CT molecular complexity index is 1070. The summed E-state index contributed by atoms with van der Waals surface area (Å²) in [7, 11) is 1.62. The number of carbonyl (C=O) groups is 1. The van der Waals surface area contributed by atoms with Crippen molar-refractivity contribution in [2.45, 2.75) is 25.2 Å². The van der Waals surface area contributed by atoms with Crippen LogP contribution in [-0.2, 0) is 11.2 Å². The summed E-state index contributed by atoms with van der Waals surface area (Å²) in [5.74, 6) is 1.25. The molecule has 1 atom stereocenters. The molecule has 4 rings (SSSR count). The van der Waals surface area contributed by atoms with Gasteiger partial charge in [0.1, 0.15) is 11.4 Å². The predicted octanol–water partition coefficient (Wildman–Crippen LogP) is 2.18. The first-order valence-corrected chi connectivity index (χ1v) is 9.91. The maximum Gasteiger partial charge on any atom is 0.251 e. The molecule has 1 aliphatic rings. The van der Waals surface area contributed by atoms with Crippen molar-refractivity contribution < 1.29 is 9.53 Å². The van der Waals surface area contributed by atoms with E-state index in [9.17, 15) is 9.59 Å². The lowest BCUT2D eigenvalue weighted by atomic mass is 9.94. The number of aromatic nitrogens is 4. The van der Waals surface area contributed by atoms with Gasteiger partial charge in [0, 0.05) is 37.5 Å². The van der Waals surface area contributed by atoms with Crippen LogP contribution >= 0.6 is 0 Å². The van der Waals surface area contributed by atoms with Crippen LogP contribution < -0.4 is 10.3 Å². The third-order valence-electron chi connectivity index (χ3n) is 5.27. The fourth-order valence-corrected chi connectivity index (χ4v) is 3.70. The molecule has 0 bridgehead atoms. The van der Waals surface area contributed by atoms with E-state index in [1.165, 1.54) is 6.07 Å². The average Bonchev–Trinajstić information content (AvgIpc) is 2.80. The van der Waals surface area contributed by atoms with Crippen LogP contribution in [0.5, 0.6) is 5.75 Å². The maximum atomic E-state index is 12.8. The Morgan fingerprint density at radius 1 is 1.27 bits per heavy atom. The van der Waals surface area contributed by atoms with E-state index in [1.807, 2.05) is 29.2 Å². The van der Waals surface area contributed by atoms with Gasteiger partial charge >= 0.3 is 0 Å². The minimum absolute atomic E-state index is 0.0105. The van der Waals surface area contributed by atoms with Crippen LogP contribution in [0.4, 0.5) is 0 Å². The number of hydrogen-bond donors (Lipinski definition) is 1.